The van der Waals surface area contributed by atoms with Gasteiger partial charge in [0.25, 0.3) is 0 Å². The quantitative estimate of drug-likeness (QED) is 0.801. The van der Waals surface area contributed by atoms with Crippen LogP contribution in [-0.4, -0.2) is 57.2 Å². The predicted octanol–water partition coefficient (Wildman–Crippen LogP) is 3.39. The summed E-state index contributed by atoms with van der Waals surface area (Å²) in [7, 11) is 6.08. The summed E-state index contributed by atoms with van der Waals surface area (Å²) in [4.78, 5) is 4.94. The molecular weight excluding hydrogens is 272 g/mol. The molecule has 1 aromatic rings. The number of rotatable bonds is 6. The van der Waals surface area contributed by atoms with E-state index in [9.17, 15) is 0 Å². The van der Waals surface area contributed by atoms with Crippen molar-refractivity contribution < 1.29 is 4.74 Å². The highest BCUT2D eigenvalue weighted by molar-refractivity contribution is 5.34. The third-order valence-electron chi connectivity index (χ3n) is 5.13. The maximum atomic E-state index is 5.45. The molecule has 1 atom stereocenters. The van der Waals surface area contributed by atoms with Gasteiger partial charge in [0, 0.05) is 25.0 Å². The molecule has 124 valence electrons. The largest absolute Gasteiger partial charge is 0.497 e. The molecule has 2 rings (SSSR count). The fraction of sp³-hybridized carbons (Fsp3) is 0.684. The van der Waals surface area contributed by atoms with E-state index in [2.05, 4.69) is 49.0 Å². The second-order valence-electron chi connectivity index (χ2n) is 6.90. The Morgan fingerprint density at radius 2 is 2.09 bits per heavy atom. The van der Waals surface area contributed by atoms with Gasteiger partial charge in [-0.05, 0) is 57.6 Å². The maximum absolute atomic E-state index is 5.45. The van der Waals surface area contributed by atoms with Crippen LogP contribution in [0.2, 0.25) is 0 Å². The highest BCUT2D eigenvalue weighted by Crippen LogP contribution is 2.37. The molecule has 3 heteroatoms. The van der Waals surface area contributed by atoms with Crippen LogP contribution in [0.4, 0.5) is 0 Å². The maximum Gasteiger partial charge on any atom is 0.119 e. The second kappa shape index (κ2) is 7.98. The Balaban J connectivity index is 2.21. The molecule has 3 nitrogen and oxygen atoms in total. The van der Waals surface area contributed by atoms with E-state index in [1.54, 1.807) is 7.11 Å². The molecule has 0 aromatic heterocycles. The number of nitrogens with zero attached hydrogens (tertiary/aromatic N) is 2. The number of hydrogen-bond acceptors (Lipinski definition) is 3. The molecule has 0 bridgehead atoms. The van der Waals surface area contributed by atoms with Crippen LogP contribution in [-0.2, 0) is 5.41 Å². The van der Waals surface area contributed by atoms with Crippen molar-refractivity contribution in [1.82, 2.24) is 9.80 Å². The molecule has 0 aliphatic carbocycles. The van der Waals surface area contributed by atoms with E-state index in [4.69, 9.17) is 4.74 Å². The van der Waals surface area contributed by atoms with Gasteiger partial charge in [-0.2, -0.15) is 0 Å². The number of benzene rings is 1. The number of likely N-dealkylation sites (N-methyl/N-ethyl adjacent to an activating group) is 1. The van der Waals surface area contributed by atoms with Gasteiger partial charge in [0.15, 0.2) is 0 Å². The zero-order valence-electron chi connectivity index (χ0n) is 14.8. The molecule has 1 aromatic carbocycles. The standard InChI is InChI=1S/C19H32N2O/c1-5-19(17-9-8-10-18(15-17)22-4)11-6-7-12-21(16-19)14-13-20(2)3/h8-10,15H,5-7,11-14,16H2,1-4H3. The van der Waals surface area contributed by atoms with Crippen molar-refractivity contribution in [3.8, 4) is 5.75 Å². The SMILES string of the molecule is CCC1(c2cccc(OC)c2)CCCCN(CCN(C)C)C1. The van der Waals surface area contributed by atoms with Gasteiger partial charge >= 0.3 is 0 Å². The average molecular weight is 304 g/mol. The molecule has 0 amide bonds. The van der Waals surface area contributed by atoms with Gasteiger partial charge in [0.05, 0.1) is 7.11 Å². The third kappa shape index (κ3) is 4.23. The highest BCUT2D eigenvalue weighted by Gasteiger charge is 2.34. The van der Waals surface area contributed by atoms with Gasteiger partial charge in [-0.15, -0.1) is 0 Å². The Labute approximate surface area is 136 Å². The molecule has 1 fully saturated rings. The molecule has 0 spiro atoms. The molecule has 0 N–H and O–H groups in total. The normalized spacial score (nSPS) is 23.5. The lowest BCUT2D eigenvalue weighted by Crippen LogP contribution is -2.41. The Morgan fingerprint density at radius 3 is 2.77 bits per heavy atom. The molecule has 1 unspecified atom stereocenters. The van der Waals surface area contributed by atoms with E-state index >= 15 is 0 Å². The lowest BCUT2D eigenvalue weighted by molar-refractivity contribution is 0.199. The first-order chi connectivity index (χ1) is 10.6. The molecule has 1 aliphatic rings. The summed E-state index contributed by atoms with van der Waals surface area (Å²) in [5, 5.41) is 0. The minimum Gasteiger partial charge on any atom is -0.497 e. The first kappa shape index (κ1) is 17.3. The molecule has 0 radical (unpaired) electrons. The van der Waals surface area contributed by atoms with Crippen molar-refractivity contribution in [2.75, 3.05) is 47.4 Å². The zero-order valence-corrected chi connectivity index (χ0v) is 14.8. The van der Waals surface area contributed by atoms with E-state index in [-0.39, 0.29) is 5.41 Å². The number of likely N-dealkylation sites (tertiary alicyclic amines) is 1. The first-order valence-corrected chi connectivity index (χ1v) is 8.61. The molecule has 0 saturated carbocycles. The van der Waals surface area contributed by atoms with Crippen molar-refractivity contribution in [3.05, 3.63) is 29.8 Å². The Hall–Kier alpha value is -1.06. The van der Waals surface area contributed by atoms with E-state index in [1.807, 2.05) is 6.07 Å². The Bertz CT molecular complexity index is 461. The van der Waals surface area contributed by atoms with E-state index in [0.29, 0.717) is 0 Å². The van der Waals surface area contributed by atoms with Crippen LogP contribution in [0.25, 0.3) is 0 Å². The van der Waals surface area contributed by atoms with Crippen molar-refractivity contribution >= 4 is 0 Å². The van der Waals surface area contributed by atoms with Gasteiger partial charge < -0.3 is 14.5 Å². The fourth-order valence-electron chi connectivity index (χ4n) is 3.60. The summed E-state index contributed by atoms with van der Waals surface area (Å²) in [6.45, 7) is 7.05. The summed E-state index contributed by atoms with van der Waals surface area (Å²) >= 11 is 0. The van der Waals surface area contributed by atoms with Crippen LogP contribution < -0.4 is 4.74 Å². The lowest BCUT2D eigenvalue weighted by Gasteiger charge is -2.37. The molecule has 1 saturated heterocycles. The minimum atomic E-state index is 0.275. The zero-order chi connectivity index (χ0) is 16.0. The van der Waals surface area contributed by atoms with Crippen LogP contribution in [0.3, 0.4) is 0 Å². The summed E-state index contributed by atoms with van der Waals surface area (Å²) in [6.07, 6.45) is 5.12. The lowest BCUT2D eigenvalue weighted by atomic mass is 9.74. The smallest absolute Gasteiger partial charge is 0.119 e. The third-order valence-corrected chi connectivity index (χ3v) is 5.13. The van der Waals surface area contributed by atoms with Gasteiger partial charge in [-0.3, -0.25) is 0 Å². The van der Waals surface area contributed by atoms with E-state index < -0.39 is 0 Å². The van der Waals surface area contributed by atoms with E-state index in [1.165, 1.54) is 50.9 Å². The number of ether oxygens (including phenoxy) is 1. The highest BCUT2D eigenvalue weighted by atomic mass is 16.5. The Kier molecular flexibility index (Phi) is 6.27. The van der Waals surface area contributed by atoms with Gasteiger partial charge in [-0.1, -0.05) is 25.5 Å². The van der Waals surface area contributed by atoms with Crippen molar-refractivity contribution in [2.45, 2.75) is 38.0 Å². The summed E-state index contributed by atoms with van der Waals surface area (Å²) in [5.41, 5.74) is 1.73. The number of methoxy groups -OCH3 is 1. The van der Waals surface area contributed by atoms with Crippen molar-refractivity contribution in [3.63, 3.8) is 0 Å². The minimum absolute atomic E-state index is 0.275. The van der Waals surface area contributed by atoms with Crippen LogP contribution >= 0.6 is 0 Å². The van der Waals surface area contributed by atoms with Gasteiger partial charge in [0.1, 0.15) is 5.75 Å². The molecule has 1 heterocycles. The van der Waals surface area contributed by atoms with Crippen LogP contribution in [0.5, 0.6) is 5.75 Å². The van der Waals surface area contributed by atoms with Gasteiger partial charge in [-0.25, -0.2) is 0 Å². The molecule has 1 aliphatic heterocycles. The topological polar surface area (TPSA) is 15.7 Å². The van der Waals surface area contributed by atoms with Crippen molar-refractivity contribution in [1.29, 1.82) is 0 Å². The average Bonchev–Trinajstić information content (AvgIpc) is 2.76. The monoisotopic (exact) mass is 304 g/mol. The number of hydrogen-bond donors (Lipinski definition) is 0. The molecule has 22 heavy (non-hydrogen) atoms. The van der Waals surface area contributed by atoms with Crippen molar-refractivity contribution in [2.24, 2.45) is 0 Å². The molecular formula is C19H32N2O. The predicted molar refractivity (Wildman–Crippen MR) is 93.8 cm³/mol. The van der Waals surface area contributed by atoms with E-state index in [0.717, 1.165) is 12.3 Å². The van der Waals surface area contributed by atoms with Crippen LogP contribution in [0.15, 0.2) is 24.3 Å². The first-order valence-electron chi connectivity index (χ1n) is 8.61. The summed E-state index contributed by atoms with van der Waals surface area (Å²) < 4.78 is 5.45. The van der Waals surface area contributed by atoms with Gasteiger partial charge in [0.2, 0.25) is 0 Å². The second-order valence-corrected chi connectivity index (χ2v) is 6.90. The summed E-state index contributed by atoms with van der Waals surface area (Å²) in [6, 6.07) is 8.73. The van der Waals surface area contributed by atoms with Crippen LogP contribution in [0.1, 0.15) is 38.2 Å². The van der Waals surface area contributed by atoms with Crippen LogP contribution in [0, 0.1) is 0 Å². The summed E-state index contributed by atoms with van der Waals surface area (Å²) in [5.74, 6) is 0.981. The fourth-order valence-corrected chi connectivity index (χ4v) is 3.60. The Morgan fingerprint density at radius 1 is 1.27 bits per heavy atom.